The number of amides is 1. The quantitative estimate of drug-likeness (QED) is 0.181. The summed E-state index contributed by atoms with van der Waals surface area (Å²) in [6.07, 6.45) is 1.44. The van der Waals surface area contributed by atoms with Gasteiger partial charge in [-0.3, -0.25) is 4.99 Å². The zero-order chi connectivity index (χ0) is 19.1. The average molecular weight is 486 g/mol. The molecule has 0 aromatic heterocycles. The van der Waals surface area contributed by atoms with Crippen molar-refractivity contribution in [2.75, 3.05) is 39.4 Å². The van der Waals surface area contributed by atoms with Gasteiger partial charge in [-0.05, 0) is 46.5 Å². The normalized spacial score (nSPS) is 11.7. The first-order valence-electron chi connectivity index (χ1n) is 9.31. The zero-order valence-corrected chi connectivity index (χ0v) is 19.6. The minimum Gasteiger partial charge on any atom is -0.444 e. The highest BCUT2D eigenvalue weighted by molar-refractivity contribution is 14.0. The number of hydrogen-bond donors (Lipinski definition) is 3. The van der Waals surface area contributed by atoms with Crippen LogP contribution in [-0.2, 0) is 9.47 Å². The van der Waals surface area contributed by atoms with Gasteiger partial charge in [0.2, 0.25) is 0 Å². The molecule has 0 aliphatic carbocycles. The number of alkyl carbamates (subject to hydrolysis) is 1. The third-order valence-corrected chi connectivity index (χ3v) is 3.00. The molecule has 0 spiro atoms. The van der Waals surface area contributed by atoms with Crippen LogP contribution in [0.4, 0.5) is 4.79 Å². The maximum atomic E-state index is 11.5. The summed E-state index contributed by atoms with van der Waals surface area (Å²) in [4.78, 5) is 16.0. The fraction of sp³-hybridized carbons (Fsp3) is 0.889. The molecule has 0 heterocycles. The molecule has 0 fully saturated rings. The van der Waals surface area contributed by atoms with E-state index in [4.69, 9.17) is 9.47 Å². The van der Waals surface area contributed by atoms with E-state index in [1.807, 2.05) is 27.7 Å². The van der Waals surface area contributed by atoms with E-state index in [1.54, 1.807) is 0 Å². The molecule has 0 saturated carbocycles. The van der Waals surface area contributed by atoms with E-state index in [0.717, 1.165) is 38.5 Å². The van der Waals surface area contributed by atoms with Gasteiger partial charge in [0.05, 0.1) is 6.61 Å². The largest absolute Gasteiger partial charge is 0.444 e. The summed E-state index contributed by atoms with van der Waals surface area (Å²) in [5, 5.41) is 9.16. The van der Waals surface area contributed by atoms with Crippen molar-refractivity contribution < 1.29 is 14.3 Å². The highest BCUT2D eigenvalue weighted by Crippen LogP contribution is 2.06. The van der Waals surface area contributed by atoms with Crippen LogP contribution < -0.4 is 16.0 Å². The van der Waals surface area contributed by atoms with Gasteiger partial charge >= 0.3 is 6.09 Å². The van der Waals surface area contributed by atoms with Gasteiger partial charge in [0, 0.05) is 32.8 Å². The summed E-state index contributed by atoms with van der Waals surface area (Å²) in [5.74, 6) is 1.44. The minimum absolute atomic E-state index is 0. The average Bonchev–Trinajstić information content (AvgIpc) is 2.48. The summed E-state index contributed by atoms with van der Waals surface area (Å²) >= 11 is 0. The summed E-state index contributed by atoms with van der Waals surface area (Å²) in [5.41, 5.74) is -0.471. The lowest BCUT2D eigenvalue weighted by atomic mass is 10.1. The summed E-state index contributed by atoms with van der Waals surface area (Å²) in [6.45, 7) is 16.1. The smallest absolute Gasteiger partial charge is 0.407 e. The van der Waals surface area contributed by atoms with E-state index < -0.39 is 5.60 Å². The second-order valence-corrected chi connectivity index (χ2v) is 7.26. The highest BCUT2D eigenvalue weighted by atomic mass is 127. The van der Waals surface area contributed by atoms with Crippen LogP contribution in [0.3, 0.4) is 0 Å². The molecule has 0 bridgehead atoms. The molecule has 3 N–H and O–H groups in total. The number of guanidine groups is 1. The van der Waals surface area contributed by atoms with E-state index in [9.17, 15) is 4.79 Å². The Morgan fingerprint density at radius 1 is 1.08 bits per heavy atom. The van der Waals surface area contributed by atoms with Crippen molar-refractivity contribution in [2.45, 2.75) is 60.0 Å². The predicted molar refractivity (Wildman–Crippen MR) is 119 cm³/mol. The van der Waals surface area contributed by atoms with Gasteiger partial charge in [-0.2, -0.15) is 0 Å². The van der Waals surface area contributed by atoms with Crippen LogP contribution in [0.5, 0.6) is 0 Å². The first-order chi connectivity index (χ1) is 11.7. The molecule has 0 unspecified atom stereocenters. The highest BCUT2D eigenvalue weighted by Gasteiger charge is 2.15. The van der Waals surface area contributed by atoms with Crippen molar-refractivity contribution in [2.24, 2.45) is 10.9 Å². The number of ether oxygens (including phenoxy) is 2. The van der Waals surface area contributed by atoms with Gasteiger partial charge in [0.1, 0.15) is 5.60 Å². The number of nitrogens with one attached hydrogen (secondary N) is 3. The molecule has 0 rings (SSSR count). The van der Waals surface area contributed by atoms with E-state index in [-0.39, 0.29) is 30.1 Å². The van der Waals surface area contributed by atoms with Crippen LogP contribution >= 0.6 is 24.0 Å². The van der Waals surface area contributed by atoms with Crippen LogP contribution in [0.2, 0.25) is 0 Å². The number of rotatable bonds is 11. The van der Waals surface area contributed by atoms with Gasteiger partial charge < -0.3 is 25.4 Å². The Hall–Kier alpha value is -0.770. The number of carbonyl (C=O) groups excluding carboxylic acids is 1. The molecule has 0 atom stereocenters. The number of carbonyl (C=O) groups is 1. The Morgan fingerprint density at radius 3 is 2.35 bits per heavy atom. The van der Waals surface area contributed by atoms with Crippen molar-refractivity contribution in [1.29, 1.82) is 0 Å². The van der Waals surface area contributed by atoms with Crippen LogP contribution in [0.15, 0.2) is 4.99 Å². The maximum absolute atomic E-state index is 11.5. The molecule has 0 aliphatic heterocycles. The van der Waals surface area contributed by atoms with Crippen LogP contribution in [0.1, 0.15) is 54.4 Å². The number of hydrogen-bond acceptors (Lipinski definition) is 4. The van der Waals surface area contributed by atoms with E-state index in [0.29, 0.717) is 25.6 Å². The fourth-order valence-corrected chi connectivity index (χ4v) is 1.78. The van der Waals surface area contributed by atoms with Gasteiger partial charge in [0.25, 0.3) is 0 Å². The topological polar surface area (TPSA) is 84.0 Å². The molecule has 0 saturated heterocycles. The number of aliphatic imine (C=N–C) groups is 1. The van der Waals surface area contributed by atoms with E-state index in [1.165, 1.54) is 0 Å². The van der Waals surface area contributed by atoms with Gasteiger partial charge in [-0.25, -0.2) is 4.79 Å². The lowest BCUT2D eigenvalue weighted by molar-refractivity contribution is 0.0527. The number of halogens is 1. The molecule has 0 aromatic carbocycles. The van der Waals surface area contributed by atoms with E-state index in [2.05, 4.69) is 34.8 Å². The maximum Gasteiger partial charge on any atom is 0.407 e. The van der Waals surface area contributed by atoms with Crippen molar-refractivity contribution >= 4 is 36.0 Å². The third kappa shape index (κ3) is 19.6. The molecular formula is C18H39IN4O3. The first-order valence-corrected chi connectivity index (χ1v) is 9.31. The minimum atomic E-state index is -0.471. The predicted octanol–water partition coefficient (Wildman–Crippen LogP) is 3.14. The third-order valence-electron chi connectivity index (χ3n) is 3.00. The van der Waals surface area contributed by atoms with Crippen molar-refractivity contribution in [1.82, 2.24) is 16.0 Å². The van der Waals surface area contributed by atoms with Crippen LogP contribution in [-0.4, -0.2) is 57.0 Å². The molecule has 8 heteroatoms. The Balaban J connectivity index is 0. The molecule has 0 aliphatic rings. The van der Waals surface area contributed by atoms with Gasteiger partial charge in [-0.15, -0.1) is 24.0 Å². The Morgan fingerprint density at radius 2 is 1.77 bits per heavy atom. The van der Waals surface area contributed by atoms with E-state index >= 15 is 0 Å². The second-order valence-electron chi connectivity index (χ2n) is 7.26. The first kappa shape index (κ1) is 27.4. The zero-order valence-electron chi connectivity index (χ0n) is 17.3. The lowest BCUT2D eigenvalue weighted by Crippen LogP contribution is -2.39. The Kier molecular flexibility index (Phi) is 17.3. The molecule has 7 nitrogen and oxygen atoms in total. The Labute approximate surface area is 176 Å². The van der Waals surface area contributed by atoms with Gasteiger partial charge in [0.15, 0.2) is 5.96 Å². The molecular weight excluding hydrogens is 447 g/mol. The standard InChI is InChI=1S/C18H38N4O3.HI/c1-7-19-16(21-12-14-24-13-9-15(2)3)20-10-8-11-22-17(23)25-18(4,5)6;/h15H,7-14H2,1-6H3,(H,22,23)(H2,19,20,21);1H. The molecule has 26 heavy (non-hydrogen) atoms. The molecule has 0 radical (unpaired) electrons. The second kappa shape index (κ2) is 16.4. The molecule has 156 valence electrons. The SMILES string of the molecule is CCNC(=NCCCNC(=O)OC(C)(C)C)NCCOCCC(C)C.I. The monoisotopic (exact) mass is 486 g/mol. The van der Waals surface area contributed by atoms with Gasteiger partial charge in [-0.1, -0.05) is 13.8 Å². The van der Waals surface area contributed by atoms with Crippen LogP contribution in [0.25, 0.3) is 0 Å². The summed E-state index contributed by atoms with van der Waals surface area (Å²) < 4.78 is 10.8. The van der Waals surface area contributed by atoms with Crippen LogP contribution in [0, 0.1) is 5.92 Å². The molecule has 0 aromatic rings. The Bertz CT molecular complexity index is 385. The van der Waals surface area contributed by atoms with Crippen molar-refractivity contribution in [3.8, 4) is 0 Å². The molecule has 1 amide bonds. The lowest BCUT2D eigenvalue weighted by Gasteiger charge is -2.19. The summed E-state index contributed by atoms with van der Waals surface area (Å²) in [6, 6.07) is 0. The number of nitrogens with zero attached hydrogens (tertiary/aromatic N) is 1. The van der Waals surface area contributed by atoms with Crippen molar-refractivity contribution in [3.05, 3.63) is 0 Å². The van der Waals surface area contributed by atoms with Crippen molar-refractivity contribution in [3.63, 3.8) is 0 Å². The summed E-state index contributed by atoms with van der Waals surface area (Å²) in [7, 11) is 0. The fourth-order valence-electron chi connectivity index (χ4n) is 1.78.